The number of hydrogen-bond acceptors (Lipinski definition) is 21. The Balaban J connectivity index is 0.888. The molecule has 135 heavy (non-hydrogen) atoms. The summed E-state index contributed by atoms with van der Waals surface area (Å²) in [6, 6.07) is 9.61. The van der Waals surface area contributed by atoms with Gasteiger partial charge in [0.2, 0.25) is 35.2 Å². The van der Waals surface area contributed by atoms with Crippen molar-refractivity contribution in [3.05, 3.63) is 124 Å². The van der Waals surface area contributed by atoms with Crippen molar-refractivity contribution in [3.8, 4) is 5.75 Å². The van der Waals surface area contributed by atoms with Crippen LogP contribution in [0.4, 0.5) is 16.2 Å². The number of amides is 7. The summed E-state index contributed by atoms with van der Waals surface area (Å²) < 4.78 is 78.5. The summed E-state index contributed by atoms with van der Waals surface area (Å²) in [5.41, 5.74) is 7.38. The number of urea groups is 1. The van der Waals surface area contributed by atoms with Crippen LogP contribution in [0.1, 0.15) is 264 Å². The van der Waals surface area contributed by atoms with Crippen LogP contribution in [0.25, 0.3) is 0 Å². The number of fused-ring (bicyclic) bond motifs is 2. The monoisotopic (exact) mass is 1920 g/mol. The van der Waals surface area contributed by atoms with Gasteiger partial charge in [-0.1, -0.05) is 57.4 Å². The van der Waals surface area contributed by atoms with Gasteiger partial charge in [0.25, 0.3) is 20.2 Å². The highest BCUT2D eigenvalue weighted by Gasteiger charge is 2.46. The Bertz CT molecular complexity index is 5220. The molecule has 2 heterocycles. The van der Waals surface area contributed by atoms with Crippen LogP contribution in [0.3, 0.4) is 0 Å². The van der Waals surface area contributed by atoms with Crippen molar-refractivity contribution in [3.63, 3.8) is 0 Å². The van der Waals surface area contributed by atoms with Crippen LogP contribution in [0.5, 0.6) is 5.75 Å². The largest absolute Gasteiger partial charge is 0.481 e. The molecule has 1 saturated carbocycles. The van der Waals surface area contributed by atoms with E-state index < -0.39 is 203 Å². The van der Waals surface area contributed by atoms with Gasteiger partial charge >= 0.3 is 41.8 Å². The van der Waals surface area contributed by atoms with Gasteiger partial charge in [-0.25, -0.2) is 14.4 Å². The number of benzene rings is 3. The molecule has 0 radical (unpaired) electrons. The molecule has 2 aliphatic heterocycles. The van der Waals surface area contributed by atoms with E-state index in [1.165, 1.54) is 48.9 Å². The van der Waals surface area contributed by atoms with Crippen LogP contribution >= 0.6 is 0 Å². The van der Waals surface area contributed by atoms with E-state index in [1.54, 1.807) is 6.07 Å². The van der Waals surface area contributed by atoms with Crippen LogP contribution in [0.2, 0.25) is 0 Å². The van der Waals surface area contributed by atoms with Crippen LogP contribution in [-0.2, 0) is 98.2 Å². The van der Waals surface area contributed by atoms with Crippen LogP contribution in [0.15, 0.2) is 117 Å². The number of rotatable bonds is 59. The number of unbranched alkanes of at least 4 members (excludes halogenated alkanes) is 6. The highest BCUT2D eigenvalue weighted by molar-refractivity contribution is 7.86. The first-order valence-corrected chi connectivity index (χ1v) is 49.2. The van der Waals surface area contributed by atoms with E-state index in [-0.39, 0.29) is 97.0 Å². The maximum absolute atomic E-state index is 14.2. The fourth-order valence-corrected chi connectivity index (χ4v) is 18.4. The third kappa shape index (κ3) is 34.8. The molecule has 37 nitrogen and oxygen atoms in total. The van der Waals surface area contributed by atoms with Crippen molar-refractivity contribution >= 4 is 126 Å². The summed E-state index contributed by atoms with van der Waals surface area (Å²) in [6.45, 7) is 15.8. The third-order valence-corrected chi connectivity index (χ3v) is 26.9. The lowest BCUT2D eigenvalue weighted by Gasteiger charge is -2.28. The van der Waals surface area contributed by atoms with E-state index in [1.807, 2.05) is 31.3 Å². The van der Waals surface area contributed by atoms with E-state index in [0.29, 0.717) is 107 Å². The Morgan fingerprint density at radius 3 is 1.70 bits per heavy atom. The van der Waals surface area contributed by atoms with Crippen molar-refractivity contribution in [2.75, 3.05) is 37.6 Å². The third-order valence-electron chi connectivity index (χ3n) is 25.2. The first-order valence-electron chi connectivity index (χ1n) is 46.3. The van der Waals surface area contributed by atoms with E-state index in [0.717, 1.165) is 65.3 Å². The number of carbonyl (C=O) groups is 15. The van der Waals surface area contributed by atoms with E-state index >= 15 is 0 Å². The molecule has 0 aromatic heterocycles. The molecule has 0 saturated heterocycles. The predicted molar refractivity (Wildman–Crippen MR) is 496 cm³/mol. The van der Waals surface area contributed by atoms with E-state index in [2.05, 4.69) is 99.4 Å². The Labute approximate surface area is 787 Å². The quantitative estimate of drug-likeness (QED) is 0.0142. The number of Topliss-reactive ketones (excluding diaryl/α,β-unsaturated/α-hetero) is 3. The molecular formula is C96H132N9O28S2+. The molecule has 6 atom stereocenters. The van der Waals surface area contributed by atoms with E-state index in [9.17, 15) is 123 Å². The van der Waals surface area contributed by atoms with Gasteiger partial charge < -0.3 is 77.5 Å². The van der Waals surface area contributed by atoms with Crippen molar-refractivity contribution in [2.24, 2.45) is 23.7 Å². The van der Waals surface area contributed by atoms with Crippen LogP contribution in [-0.4, -0.2) is 212 Å². The molecule has 39 heteroatoms. The predicted octanol–water partition coefficient (Wildman–Crippen LogP) is 10.9. The van der Waals surface area contributed by atoms with Gasteiger partial charge in [-0.3, -0.25) is 66.6 Å². The summed E-state index contributed by atoms with van der Waals surface area (Å²) >= 11 is 0. The minimum Gasteiger partial charge on any atom is -0.481 e. The van der Waals surface area contributed by atoms with Crippen molar-refractivity contribution < 1.29 is 138 Å². The molecule has 3 aromatic carbocycles. The smallest absolute Gasteiger partial charge is 0.326 e. The van der Waals surface area contributed by atoms with Gasteiger partial charge in [0, 0.05) is 143 Å². The molecular weight excluding hydrogens is 1790 g/mol. The molecule has 4 aliphatic rings. The Kier molecular flexibility index (Phi) is 42.7. The molecule has 740 valence electrons. The summed E-state index contributed by atoms with van der Waals surface area (Å²) in [7, 11) is -9.12. The number of nitrogens with zero attached hydrogens (tertiary/aromatic N) is 2. The molecule has 1 fully saturated rings. The number of carboxylic acids is 6. The fraction of sp³-hybridized carbons (Fsp3) is 0.562. The highest BCUT2D eigenvalue weighted by Crippen LogP contribution is 2.49. The maximum Gasteiger partial charge on any atom is 0.326 e. The minimum atomic E-state index is -4.61. The number of carboxylic acid groups (broad SMARTS) is 6. The number of anilines is 1. The van der Waals surface area contributed by atoms with Gasteiger partial charge in [-0.15, -0.1) is 0 Å². The van der Waals surface area contributed by atoms with Crippen molar-refractivity contribution in [1.29, 1.82) is 0 Å². The number of ketones is 3. The second kappa shape index (κ2) is 52.3. The SMILES string of the molecule is CCCCN1/C(=C/C=C2\CCCC(/C=C/C3=[N+](CCCCCC(=O)NCCCCC(NC(=O)C(CCC(=O)O)CC(=O)C(CCC(=O)O)CC(=O)C(CCC(=O)O)NC(=O)CCCCCNC(=O)C4CCC(CNC(=O)CCC(NC(=O)NC(CCC(=O)O)C(=O)O)C(=O)O)CC4)C(C)=O)c4ccc(S(=O)(=O)O)cc4C3(C)C)=C2Oc2ccc(S(=O)(=O)O)cc2)C(C)(C)c2cc(C)ccc21. The average molecular weight is 1920 g/mol. The maximum atomic E-state index is 14.2. The standard InChI is InChI=1S/C96H131N9O28S2/c1-8-9-52-104-76-41-24-59(2)54-70(76)95(4,5)80(104)43-29-62-19-18-20-63(89(62)133-67-33-35-68(36-34-67)134(127,128)129)30-44-81-96(6,7)71-57-69(135(130,131)132)37-42-77(71)105(81)53-17-11-13-22-82(109)97-50-16-14-21-72(60(3)106)101-91(121)66(32-47-86(114)115)56-78(107)65(31-46-85(112)113)55-79(108)73(39-48-87(116)117)100-84(111)23-12-10-15-51-98-90(120)64-27-25-61(26-28-64)58-99-83(110)45-38-74(92(122)123)102-94(126)103-75(93(124)125)40-49-88(118)119/h24,29-30,33-37,41-44,54,57,61,64-66,72-75H,8-23,25-28,31-32,38-40,45-53,55-56,58H2,1-7H3,(H14-,97,98,99,100,101,102,103,109,110,111,112,113,114,115,116,117,118,119,120,121,122,123,124,125,126,127,128,129,130,131,132)/p+1. The number of aryl methyl sites for hydroxylation is 1. The fourth-order valence-electron chi connectivity index (χ4n) is 17.4. The van der Waals surface area contributed by atoms with Gasteiger partial charge in [0.1, 0.15) is 35.9 Å². The number of hydrogen-bond donors (Lipinski definition) is 15. The zero-order valence-corrected chi connectivity index (χ0v) is 79.5. The lowest BCUT2D eigenvalue weighted by atomic mass is 9.81. The molecule has 7 amide bonds. The summed E-state index contributed by atoms with van der Waals surface area (Å²) in [4.78, 5) is 192. The number of aliphatic carboxylic acids is 6. The molecule has 7 rings (SSSR count). The second-order valence-electron chi connectivity index (χ2n) is 36.3. The van der Waals surface area contributed by atoms with Gasteiger partial charge in [-0.2, -0.15) is 21.4 Å². The topological polar surface area (TPSA) is 586 Å². The number of carbonyl (C=O) groups excluding carboxylic acids is 9. The van der Waals surface area contributed by atoms with E-state index in [4.69, 9.17) is 9.84 Å². The number of ether oxygens (including phenoxy) is 1. The van der Waals surface area contributed by atoms with Crippen LogP contribution in [0, 0.1) is 30.6 Å². The minimum absolute atomic E-state index is 0.00415. The second-order valence-corrected chi connectivity index (χ2v) is 39.1. The highest BCUT2D eigenvalue weighted by atomic mass is 32.2. The molecule has 2 aliphatic carbocycles. The summed E-state index contributed by atoms with van der Waals surface area (Å²) in [5, 5.41) is 74.5. The number of nitrogens with one attached hydrogen (secondary N) is 7. The zero-order chi connectivity index (χ0) is 99.7. The molecule has 15 N–H and O–H groups in total. The normalized spacial score (nSPS) is 17.6. The van der Waals surface area contributed by atoms with Gasteiger partial charge in [-0.05, 0) is 233 Å². The van der Waals surface area contributed by atoms with Crippen molar-refractivity contribution in [1.82, 2.24) is 37.2 Å². The summed E-state index contributed by atoms with van der Waals surface area (Å²) in [5.74, 6) is -15.1. The molecule has 6 unspecified atom stereocenters. The lowest BCUT2D eigenvalue weighted by Crippen LogP contribution is -2.51. The molecule has 0 bridgehead atoms. The van der Waals surface area contributed by atoms with Crippen LogP contribution < -0.4 is 46.9 Å². The Hall–Kier alpha value is -11.8. The zero-order valence-electron chi connectivity index (χ0n) is 77.8. The summed E-state index contributed by atoms with van der Waals surface area (Å²) in [6.07, 6.45) is 11.8. The first-order chi connectivity index (χ1) is 63.7. The average Bonchev–Trinajstić information content (AvgIpc) is 1.59. The first kappa shape index (κ1) is 110. The number of allylic oxidation sites excluding steroid dienone is 7. The Morgan fingerprint density at radius 1 is 0.526 bits per heavy atom. The Morgan fingerprint density at radius 2 is 1.09 bits per heavy atom. The lowest BCUT2D eigenvalue weighted by molar-refractivity contribution is -0.438. The van der Waals surface area contributed by atoms with Crippen molar-refractivity contribution in [2.45, 2.75) is 299 Å². The van der Waals surface area contributed by atoms with Gasteiger partial charge in [0.15, 0.2) is 17.3 Å². The van der Waals surface area contributed by atoms with Gasteiger partial charge in [0.05, 0.1) is 27.3 Å². The molecule has 0 spiro atoms. The molecule has 3 aromatic rings.